The van der Waals surface area contributed by atoms with Crippen molar-refractivity contribution in [1.29, 1.82) is 0 Å². The van der Waals surface area contributed by atoms with E-state index in [1.54, 1.807) is 0 Å². The van der Waals surface area contributed by atoms with Crippen LogP contribution < -0.4 is 0 Å². The summed E-state index contributed by atoms with van der Waals surface area (Å²) in [6.45, 7) is 0. The third-order valence-electron chi connectivity index (χ3n) is 1.83. The van der Waals surface area contributed by atoms with Crippen molar-refractivity contribution in [3.05, 3.63) is 12.2 Å². The molecular formula is C4H12O12P4. The molecule has 0 fully saturated rings. The highest BCUT2D eigenvalue weighted by molar-refractivity contribution is 7.72. The Hall–Kier alpha value is 0.340. The second-order valence-electron chi connectivity index (χ2n) is 3.57. The predicted octanol–water partition coefficient (Wildman–Crippen LogP) is -1.09. The van der Waals surface area contributed by atoms with Gasteiger partial charge >= 0.3 is 30.4 Å². The van der Waals surface area contributed by atoms with Gasteiger partial charge in [0, 0.05) is 0 Å². The summed E-state index contributed by atoms with van der Waals surface area (Å²) in [7, 11) is -21.7. The van der Waals surface area contributed by atoms with Crippen molar-refractivity contribution in [2.24, 2.45) is 0 Å². The zero-order chi connectivity index (χ0) is 16.6. The molecule has 0 aliphatic heterocycles. The molecule has 12 nitrogen and oxygen atoms in total. The summed E-state index contributed by atoms with van der Waals surface area (Å²) >= 11 is 0. The second-order valence-corrected chi connectivity index (χ2v) is 11.3. The standard InChI is InChI=1S/C4H12O12P4/c5-17(6,7)3(18(8,9)10)1-2-4(19(11,12)13)20(14,15)16/h1-4H,(H2,5,6,7)(H2,8,9,10)(H2,11,12,13)(H2,14,15,16)/b2-1+. The summed E-state index contributed by atoms with van der Waals surface area (Å²) in [4.78, 5) is 69.7. The van der Waals surface area contributed by atoms with Gasteiger partial charge in [0.2, 0.25) is 0 Å². The Morgan fingerprint density at radius 1 is 0.500 bits per heavy atom. The van der Waals surface area contributed by atoms with Gasteiger partial charge < -0.3 is 39.1 Å². The van der Waals surface area contributed by atoms with E-state index in [9.17, 15) is 18.3 Å². The van der Waals surface area contributed by atoms with E-state index in [0.717, 1.165) is 0 Å². The van der Waals surface area contributed by atoms with E-state index in [1.165, 1.54) is 0 Å². The summed E-state index contributed by atoms with van der Waals surface area (Å²) in [5.41, 5.74) is 0. The minimum Gasteiger partial charge on any atom is -0.324 e. The minimum absolute atomic E-state index is 0.00952. The SMILES string of the molecule is O=P(O)(O)C(/C=C/C(P(=O)(O)O)P(=O)(O)O)P(=O)(O)O. The maximum Gasteiger partial charge on any atom is 0.344 e. The van der Waals surface area contributed by atoms with E-state index in [1.807, 2.05) is 0 Å². The first-order valence-electron chi connectivity index (χ1n) is 4.36. The van der Waals surface area contributed by atoms with Crippen LogP contribution in [0.3, 0.4) is 0 Å². The summed E-state index contributed by atoms with van der Waals surface area (Å²) < 4.78 is 43.4. The van der Waals surface area contributed by atoms with Crippen LogP contribution in [0.2, 0.25) is 0 Å². The lowest BCUT2D eigenvalue weighted by Crippen LogP contribution is -2.10. The van der Waals surface area contributed by atoms with Crippen LogP contribution in [0.4, 0.5) is 0 Å². The fraction of sp³-hybridized carbons (Fsp3) is 0.500. The van der Waals surface area contributed by atoms with Gasteiger partial charge in [0.05, 0.1) is 0 Å². The van der Waals surface area contributed by atoms with Crippen LogP contribution in [0, 0.1) is 0 Å². The highest BCUT2D eigenvalue weighted by Gasteiger charge is 2.45. The molecule has 0 saturated carbocycles. The average molecular weight is 376 g/mol. The summed E-state index contributed by atoms with van der Waals surface area (Å²) in [5, 5.41) is -5.54. The molecule has 8 N–H and O–H groups in total. The van der Waals surface area contributed by atoms with E-state index in [-0.39, 0.29) is 12.2 Å². The largest absolute Gasteiger partial charge is 0.344 e. The van der Waals surface area contributed by atoms with Crippen molar-refractivity contribution < 1.29 is 57.4 Å². The molecule has 0 aliphatic carbocycles. The summed E-state index contributed by atoms with van der Waals surface area (Å²) in [6, 6.07) is 0. The van der Waals surface area contributed by atoms with Crippen LogP contribution in [0.1, 0.15) is 0 Å². The van der Waals surface area contributed by atoms with E-state index >= 15 is 0 Å². The fourth-order valence-corrected chi connectivity index (χ4v) is 5.47. The van der Waals surface area contributed by atoms with Crippen LogP contribution in [-0.4, -0.2) is 49.9 Å². The smallest absolute Gasteiger partial charge is 0.324 e. The normalized spacial score (nSPS) is 15.5. The third kappa shape index (κ3) is 6.41. The van der Waals surface area contributed by atoms with Crippen molar-refractivity contribution in [2.45, 2.75) is 10.8 Å². The molecule has 0 aromatic carbocycles. The van der Waals surface area contributed by atoms with Crippen LogP contribution in [0.5, 0.6) is 0 Å². The first-order valence-corrected chi connectivity index (χ1v) is 11.1. The Morgan fingerprint density at radius 2 is 0.650 bits per heavy atom. The molecule has 0 amide bonds. The predicted molar refractivity (Wildman–Crippen MR) is 64.9 cm³/mol. The van der Waals surface area contributed by atoms with E-state index in [2.05, 4.69) is 0 Å². The van der Waals surface area contributed by atoms with Gasteiger partial charge in [-0.15, -0.1) is 0 Å². The topological polar surface area (TPSA) is 230 Å². The lowest BCUT2D eigenvalue weighted by molar-refractivity contribution is 0.340. The van der Waals surface area contributed by atoms with Gasteiger partial charge in [-0.05, 0) is 0 Å². The van der Waals surface area contributed by atoms with Crippen LogP contribution in [-0.2, 0) is 18.3 Å². The van der Waals surface area contributed by atoms with Gasteiger partial charge in [-0.3, -0.25) is 18.3 Å². The second kappa shape index (κ2) is 6.22. The van der Waals surface area contributed by atoms with Crippen LogP contribution >= 0.6 is 30.4 Å². The Kier molecular flexibility index (Phi) is 6.33. The number of rotatable bonds is 6. The van der Waals surface area contributed by atoms with Crippen molar-refractivity contribution in [3.63, 3.8) is 0 Å². The Bertz CT molecular complexity index is 460. The van der Waals surface area contributed by atoms with Gasteiger partial charge in [-0.2, -0.15) is 0 Å². The molecule has 0 unspecified atom stereocenters. The van der Waals surface area contributed by atoms with Crippen molar-refractivity contribution in [1.82, 2.24) is 0 Å². The van der Waals surface area contributed by atoms with Crippen LogP contribution in [0.15, 0.2) is 12.2 Å². The molecular weight excluding hydrogens is 364 g/mol. The monoisotopic (exact) mass is 376 g/mol. The average Bonchev–Trinajstić information content (AvgIpc) is 2.02. The zero-order valence-electron chi connectivity index (χ0n) is 9.31. The number of allylic oxidation sites excluding steroid dienone is 2. The molecule has 0 aromatic rings. The Labute approximate surface area is 111 Å². The molecule has 0 rings (SSSR count). The third-order valence-corrected chi connectivity index (χ3v) is 8.89. The molecule has 0 radical (unpaired) electrons. The Morgan fingerprint density at radius 3 is 0.750 bits per heavy atom. The number of hydrogen-bond donors (Lipinski definition) is 8. The lowest BCUT2D eigenvalue weighted by Gasteiger charge is -2.19. The van der Waals surface area contributed by atoms with E-state index in [4.69, 9.17) is 39.1 Å². The van der Waals surface area contributed by atoms with E-state index < -0.39 is 41.2 Å². The molecule has 0 saturated heterocycles. The molecule has 0 atom stereocenters. The lowest BCUT2D eigenvalue weighted by atomic mass is 10.6. The minimum atomic E-state index is -5.41. The van der Waals surface area contributed by atoms with Gasteiger partial charge in [0.15, 0.2) is 10.8 Å². The zero-order valence-corrected chi connectivity index (χ0v) is 12.9. The highest BCUT2D eigenvalue weighted by atomic mass is 31.2. The molecule has 16 heteroatoms. The number of hydrogen-bond acceptors (Lipinski definition) is 4. The molecule has 0 aromatic heterocycles. The summed E-state index contributed by atoms with van der Waals surface area (Å²) in [6.07, 6.45) is -0.0190. The first kappa shape index (κ1) is 20.3. The summed E-state index contributed by atoms with van der Waals surface area (Å²) in [5.74, 6) is 0. The molecule has 0 aliphatic rings. The van der Waals surface area contributed by atoms with Gasteiger partial charge in [-0.25, -0.2) is 0 Å². The maximum absolute atomic E-state index is 10.9. The fourth-order valence-electron chi connectivity index (χ4n) is 1.04. The van der Waals surface area contributed by atoms with Crippen molar-refractivity contribution in [3.8, 4) is 0 Å². The van der Waals surface area contributed by atoms with Gasteiger partial charge in [0.1, 0.15) is 0 Å². The molecule has 0 bridgehead atoms. The van der Waals surface area contributed by atoms with Gasteiger partial charge in [0.25, 0.3) is 0 Å². The van der Waals surface area contributed by atoms with Crippen molar-refractivity contribution in [2.75, 3.05) is 0 Å². The molecule has 0 heterocycles. The quantitative estimate of drug-likeness (QED) is 0.204. The molecule has 20 heavy (non-hydrogen) atoms. The Balaban J connectivity index is 5.74. The van der Waals surface area contributed by atoms with Crippen LogP contribution in [0.25, 0.3) is 0 Å². The van der Waals surface area contributed by atoms with E-state index in [0.29, 0.717) is 0 Å². The first-order chi connectivity index (χ1) is 8.47. The maximum atomic E-state index is 10.9. The molecule has 120 valence electrons. The molecule has 0 spiro atoms. The highest BCUT2D eigenvalue weighted by Crippen LogP contribution is 2.63. The van der Waals surface area contributed by atoms with Crippen molar-refractivity contribution >= 4 is 30.4 Å². The van der Waals surface area contributed by atoms with Gasteiger partial charge in [-0.1, -0.05) is 12.2 Å².